The van der Waals surface area contributed by atoms with Crippen LogP contribution in [0.4, 0.5) is 0 Å². The molecule has 2 amide bonds. The Morgan fingerprint density at radius 1 is 0.875 bits per heavy atom. The van der Waals surface area contributed by atoms with Crippen LogP contribution in [0.15, 0.2) is 48.5 Å². The summed E-state index contributed by atoms with van der Waals surface area (Å²) in [5.41, 5.74) is 2.05. The average molecular weight is 435 g/mol. The van der Waals surface area contributed by atoms with Crippen molar-refractivity contribution in [1.82, 2.24) is 9.80 Å². The van der Waals surface area contributed by atoms with Crippen LogP contribution in [0.25, 0.3) is 11.1 Å². The molecule has 0 aromatic heterocycles. The van der Waals surface area contributed by atoms with E-state index in [1.165, 1.54) is 0 Å². The molecule has 0 spiro atoms. The zero-order valence-electron chi connectivity index (χ0n) is 18.7. The number of amides is 2. The Bertz CT molecular complexity index is 1020. The van der Waals surface area contributed by atoms with Gasteiger partial charge >= 0.3 is 0 Å². The largest absolute Gasteiger partial charge is 0.380 e. The van der Waals surface area contributed by atoms with Gasteiger partial charge in [-0.3, -0.25) is 14.4 Å². The minimum atomic E-state index is -1.15. The minimum Gasteiger partial charge on any atom is -0.380 e. The number of nitrogens with zero attached hydrogens (tertiary/aromatic N) is 2. The van der Waals surface area contributed by atoms with Gasteiger partial charge in [0.25, 0.3) is 11.8 Å². The Morgan fingerprint density at radius 2 is 1.50 bits per heavy atom. The number of ketones is 1. The molecule has 4 rings (SSSR count). The summed E-state index contributed by atoms with van der Waals surface area (Å²) in [6.45, 7) is 5.88. The molecule has 0 radical (unpaired) electrons. The van der Waals surface area contributed by atoms with Crippen molar-refractivity contribution >= 4 is 17.6 Å². The van der Waals surface area contributed by atoms with Gasteiger partial charge in [-0.25, -0.2) is 0 Å². The van der Waals surface area contributed by atoms with E-state index >= 15 is 0 Å². The maximum absolute atomic E-state index is 12.9. The van der Waals surface area contributed by atoms with Crippen molar-refractivity contribution in [3.05, 3.63) is 59.7 Å². The van der Waals surface area contributed by atoms with Crippen molar-refractivity contribution in [1.29, 1.82) is 0 Å². The lowest BCUT2D eigenvalue weighted by Gasteiger charge is -2.35. The molecule has 32 heavy (non-hydrogen) atoms. The first-order valence-electron chi connectivity index (χ1n) is 11.3. The fraction of sp³-hybridized carbons (Fsp3) is 0.423. The van der Waals surface area contributed by atoms with E-state index < -0.39 is 5.60 Å². The standard InChI is InChI=1S/C26H30N2O4/c1-18(2)16-23(29)22-5-3-4-21(17-22)19-6-8-20(9-7-19)24(30)27-12-14-28(15-13-27)25(31)26(32)10-11-26/h3-9,17-18,32H,10-16H2,1-2H3. The molecule has 1 saturated heterocycles. The number of rotatable bonds is 6. The second-order valence-electron chi connectivity index (χ2n) is 9.30. The summed E-state index contributed by atoms with van der Waals surface area (Å²) < 4.78 is 0. The summed E-state index contributed by atoms with van der Waals surface area (Å²) in [4.78, 5) is 41.0. The number of aliphatic hydroxyl groups is 1. The molecule has 2 fully saturated rings. The van der Waals surface area contributed by atoms with Crippen LogP contribution in [0, 0.1) is 5.92 Å². The Hall–Kier alpha value is -2.99. The van der Waals surface area contributed by atoms with Crippen LogP contribution in [-0.4, -0.2) is 64.3 Å². The Kier molecular flexibility index (Phi) is 6.15. The highest BCUT2D eigenvalue weighted by atomic mass is 16.3. The summed E-state index contributed by atoms with van der Waals surface area (Å²) in [6, 6.07) is 15.0. The predicted molar refractivity (Wildman–Crippen MR) is 122 cm³/mol. The smallest absolute Gasteiger partial charge is 0.254 e. The zero-order chi connectivity index (χ0) is 22.9. The van der Waals surface area contributed by atoms with E-state index in [0.717, 1.165) is 11.1 Å². The van der Waals surface area contributed by atoms with Gasteiger partial charge in [0.15, 0.2) is 5.78 Å². The molecule has 1 aliphatic heterocycles. The summed E-state index contributed by atoms with van der Waals surface area (Å²) >= 11 is 0. The molecular weight excluding hydrogens is 404 g/mol. The lowest BCUT2D eigenvalue weighted by Crippen LogP contribution is -2.53. The van der Waals surface area contributed by atoms with E-state index in [4.69, 9.17) is 0 Å². The first-order valence-corrected chi connectivity index (χ1v) is 11.3. The van der Waals surface area contributed by atoms with Gasteiger partial charge in [-0.2, -0.15) is 0 Å². The predicted octanol–water partition coefficient (Wildman–Crippen LogP) is 3.39. The van der Waals surface area contributed by atoms with Crippen LogP contribution in [0.5, 0.6) is 0 Å². The molecule has 6 nitrogen and oxygen atoms in total. The monoisotopic (exact) mass is 434 g/mol. The average Bonchev–Trinajstić information content (AvgIpc) is 3.56. The number of carbonyl (C=O) groups excluding carboxylic acids is 3. The molecule has 1 heterocycles. The molecular formula is C26H30N2O4. The van der Waals surface area contributed by atoms with Crippen molar-refractivity contribution in [2.24, 2.45) is 5.92 Å². The maximum atomic E-state index is 12.9. The van der Waals surface area contributed by atoms with Crippen LogP contribution >= 0.6 is 0 Å². The van der Waals surface area contributed by atoms with E-state index in [0.29, 0.717) is 62.5 Å². The summed E-state index contributed by atoms with van der Waals surface area (Å²) in [5, 5.41) is 10.0. The van der Waals surface area contributed by atoms with Gasteiger partial charge in [0.05, 0.1) is 0 Å². The third kappa shape index (κ3) is 4.75. The van der Waals surface area contributed by atoms with Crippen LogP contribution in [0.1, 0.15) is 53.8 Å². The molecule has 168 valence electrons. The maximum Gasteiger partial charge on any atom is 0.254 e. The molecule has 0 atom stereocenters. The fourth-order valence-corrected chi connectivity index (χ4v) is 4.09. The molecule has 1 N–H and O–H groups in total. The van der Waals surface area contributed by atoms with Gasteiger partial charge < -0.3 is 14.9 Å². The SMILES string of the molecule is CC(C)CC(=O)c1cccc(-c2ccc(C(=O)N3CCN(C(=O)C4(O)CC4)CC3)cc2)c1. The second-order valence-corrected chi connectivity index (χ2v) is 9.30. The summed E-state index contributed by atoms with van der Waals surface area (Å²) in [6.07, 6.45) is 1.59. The zero-order valence-corrected chi connectivity index (χ0v) is 18.7. The van der Waals surface area contributed by atoms with Crippen molar-refractivity contribution in [2.45, 2.75) is 38.7 Å². The van der Waals surface area contributed by atoms with Crippen LogP contribution in [0.2, 0.25) is 0 Å². The van der Waals surface area contributed by atoms with Crippen LogP contribution in [0.3, 0.4) is 0 Å². The third-order valence-electron chi connectivity index (χ3n) is 6.22. The van der Waals surface area contributed by atoms with Crippen molar-refractivity contribution < 1.29 is 19.5 Å². The molecule has 2 aliphatic rings. The highest BCUT2D eigenvalue weighted by molar-refractivity contribution is 5.98. The lowest BCUT2D eigenvalue weighted by atomic mass is 9.97. The van der Waals surface area contributed by atoms with E-state index in [9.17, 15) is 19.5 Å². The Balaban J connectivity index is 1.39. The minimum absolute atomic E-state index is 0.0605. The van der Waals surface area contributed by atoms with Crippen molar-refractivity contribution in [3.8, 4) is 11.1 Å². The number of hydrogen-bond donors (Lipinski definition) is 1. The van der Waals surface area contributed by atoms with E-state index in [2.05, 4.69) is 0 Å². The van der Waals surface area contributed by atoms with Crippen molar-refractivity contribution in [3.63, 3.8) is 0 Å². The van der Waals surface area contributed by atoms with Gasteiger partial charge in [0, 0.05) is 43.7 Å². The van der Waals surface area contributed by atoms with Gasteiger partial charge in [0.1, 0.15) is 5.60 Å². The van der Waals surface area contributed by atoms with Crippen LogP contribution < -0.4 is 0 Å². The van der Waals surface area contributed by atoms with Gasteiger partial charge in [0.2, 0.25) is 0 Å². The highest BCUT2D eigenvalue weighted by Gasteiger charge is 2.50. The van der Waals surface area contributed by atoms with Gasteiger partial charge in [-0.05, 0) is 48.1 Å². The Morgan fingerprint density at radius 3 is 2.09 bits per heavy atom. The molecule has 6 heteroatoms. The number of Topliss-reactive ketones (excluding diaryl/α,β-unsaturated/α-hetero) is 1. The molecule has 2 aromatic rings. The first-order chi connectivity index (χ1) is 15.3. The molecule has 1 aliphatic carbocycles. The summed E-state index contributed by atoms with van der Waals surface area (Å²) in [5.74, 6) is 0.188. The van der Waals surface area contributed by atoms with Gasteiger partial charge in [-0.1, -0.05) is 44.2 Å². The quantitative estimate of drug-likeness (QED) is 0.707. The number of hydrogen-bond acceptors (Lipinski definition) is 4. The van der Waals surface area contributed by atoms with E-state index in [-0.39, 0.29) is 17.6 Å². The van der Waals surface area contributed by atoms with Crippen molar-refractivity contribution in [2.75, 3.05) is 26.2 Å². The molecule has 0 unspecified atom stereocenters. The van der Waals surface area contributed by atoms with Crippen LogP contribution in [-0.2, 0) is 4.79 Å². The molecule has 1 saturated carbocycles. The second kappa shape index (κ2) is 8.87. The first kappa shape index (κ1) is 22.2. The van der Waals surface area contributed by atoms with E-state index in [1.54, 1.807) is 9.80 Å². The summed E-state index contributed by atoms with van der Waals surface area (Å²) in [7, 11) is 0. The normalized spacial score (nSPS) is 17.4. The van der Waals surface area contributed by atoms with Gasteiger partial charge in [-0.15, -0.1) is 0 Å². The third-order valence-corrected chi connectivity index (χ3v) is 6.22. The molecule has 2 aromatic carbocycles. The topological polar surface area (TPSA) is 77.9 Å². The number of benzene rings is 2. The van der Waals surface area contributed by atoms with E-state index in [1.807, 2.05) is 62.4 Å². The number of carbonyl (C=O) groups is 3. The lowest BCUT2D eigenvalue weighted by molar-refractivity contribution is -0.143. The molecule has 0 bridgehead atoms. The Labute approximate surface area is 188 Å². The number of piperazine rings is 1. The highest BCUT2D eigenvalue weighted by Crippen LogP contribution is 2.37. The fourth-order valence-electron chi connectivity index (χ4n) is 4.09.